The van der Waals surface area contributed by atoms with Crippen LogP contribution in [0, 0.1) is 12.7 Å². The van der Waals surface area contributed by atoms with Gasteiger partial charge in [0.2, 0.25) is 5.76 Å². The Morgan fingerprint density at radius 1 is 1.39 bits per heavy atom. The number of hydrogen-bond donors (Lipinski definition) is 1. The van der Waals surface area contributed by atoms with Gasteiger partial charge in [-0.15, -0.1) is 0 Å². The number of aromatic carboxylic acids is 1. The molecule has 1 aromatic heterocycles. The van der Waals surface area contributed by atoms with Gasteiger partial charge in [-0.05, 0) is 42.3 Å². The van der Waals surface area contributed by atoms with E-state index in [4.69, 9.17) is 9.52 Å². The maximum Gasteiger partial charge on any atom is 0.371 e. The second-order valence-electron chi connectivity index (χ2n) is 3.78. The first-order valence-electron chi connectivity index (χ1n) is 5.27. The molecule has 0 aliphatic carbocycles. The van der Waals surface area contributed by atoms with Crippen LogP contribution in [0.25, 0.3) is 0 Å². The van der Waals surface area contributed by atoms with E-state index in [1.165, 1.54) is 30.0 Å². The van der Waals surface area contributed by atoms with Crippen molar-refractivity contribution in [3.05, 3.63) is 53.0 Å². The van der Waals surface area contributed by atoms with Crippen LogP contribution in [0.15, 0.2) is 39.8 Å². The van der Waals surface area contributed by atoms with E-state index < -0.39 is 5.97 Å². The molecule has 0 radical (unpaired) electrons. The fraction of sp³-hybridized carbons (Fsp3) is 0.154. The van der Waals surface area contributed by atoms with Crippen molar-refractivity contribution in [2.75, 3.05) is 0 Å². The third kappa shape index (κ3) is 2.92. The molecule has 3 nitrogen and oxygen atoms in total. The summed E-state index contributed by atoms with van der Waals surface area (Å²) < 4.78 is 18.2. The minimum Gasteiger partial charge on any atom is -0.475 e. The minimum atomic E-state index is -1.09. The minimum absolute atomic E-state index is 0.0894. The lowest BCUT2D eigenvalue weighted by molar-refractivity contribution is 0.0656. The monoisotopic (exact) mass is 266 g/mol. The number of carboxylic acids is 1. The third-order valence-electron chi connectivity index (χ3n) is 2.47. The number of benzene rings is 1. The zero-order valence-electron chi connectivity index (χ0n) is 9.64. The quantitative estimate of drug-likeness (QED) is 0.857. The van der Waals surface area contributed by atoms with Crippen molar-refractivity contribution in [3.8, 4) is 0 Å². The van der Waals surface area contributed by atoms with Crippen molar-refractivity contribution in [1.82, 2.24) is 0 Å². The first kappa shape index (κ1) is 12.7. The Kier molecular flexibility index (Phi) is 3.72. The molecule has 1 heterocycles. The maximum absolute atomic E-state index is 13.1. The molecule has 0 aliphatic heterocycles. The number of thioether (sulfide) groups is 1. The van der Waals surface area contributed by atoms with E-state index in [9.17, 15) is 9.18 Å². The highest BCUT2D eigenvalue weighted by Gasteiger charge is 2.10. The fourth-order valence-electron chi connectivity index (χ4n) is 1.46. The third-order valence-corrected chi connectivity index (χ3v) is 3.43. The highest BCUT2D eigenvalue weighted by Crippen LogP contribution is 2.26. The lowest BCUT2D eigenvalue weighted by Crippen LogP contribution is -1.91. The van der Waals surface area contributed by atoms with E-state index >= 15 is 0 Å². The number of halogens is 1. The summed E-state index contributed by atoms with van der Waals surface area (Å²) in [6, 6.07) is 7.62. The largest absolute Gasteiger partial charge is 0.475 e. The summed E-state index contributed by atoms with van der Waals surface area (Å²) in [5, 5.41) is 9.22. The van der Waals surface area contributed by atoms with E-state index in [0.717, 1.165) is 11.1 Å². The van der Waals surface area contributed by atoms with Gasteiger partial charge in [0.1, 0.15) is 5.82 Å². The Hall–Kier alpha value is -1.75. The molecular weight excluding hydrogens is 255 g/mol. The molecule has 18 heavy (non-hydrogen) atoms. The Morgan fingerprint density at radius 3 is 2.83 bits per heavy atom. The smallest absolute Gasteiger partial charge is 0.371 e. The van der Waals surface area contributed by atoms with Crippen LogP contribution in [0.3, 0.4) is 0 Å². The Bertz CT molecular complexity index is 577. The number of furan rings is 1. The normalized spacial score (nSPS) is 10.6. The first-order chi connectivity index (χ1) is 8.56. The van der Waals surface area contributed by atoms with Gasteiger partial charge in [0.05, 0.1) is 0 Å². The van der Waals surface area contributed by atoms with E-state index in [2.05, 4.69) is 0 Å². The molecule has 0 bridgehead atoms. The number of aryl methyl sites for hydroxylation is 1. The highest BCUT2D eigenvalue weighted by atomic mass is 32.2. The van der Waals surface area contributed by atoms with Gasteiger partial charge in [0.15, 0.2) is 5.09 Å². The summed E-state index contributed by atoms with van der Waals surface area (Å²) in [5.41, 5.74) is 1.86. The topological polar surface area (TPSA) is 50.4 Å². The molecule has 1 aromatic carbocycles. The Balaban J connectivity index is 2.06. The van der Waals surface area contributed by atoms with Gasteiger partial charge in [0.25, 0.3) is 0 Å². The van der Waals surface area contributed by atoms with Gasteiger partial charge in [-0.3, -0.25) is 0 Å². The Labute approximate surface area is 108 Å². The summed E-state index contributed by atoms with van der Waals surface area (Å²) in [6.45, 7) is 1.90. The van der Waals surface area contributed by atoms with Crippen LogP contribution >= 0.6 is 11.8 Å². The molecule has 0 saturated heterocycles. The van der Waals surface area contributed by atoms with Crippen LogP contribution in [0.4, 0.5) is 4.39 Å². The van der Waals surface area contributed by atoms with E-state index in [0.29, 0.717) is 10.8 Å². The summed E-state index contributed by atoms with van der Waals surface area (Å²) in [4.78, 5) is 10.6. The van der Waals surface area contributed by atoms with Gasteiger partial charge in [0, 0.05) is 5.75 Å². The van der Waals surface area contributed by atoms with Crippen LogP contribution < -0.4 is 0 Å². The standard InChI is InChI=1S/C13H11FO3S/c1-8-2-3-10(14)6-9(8)7-18-12-5-4-11(17-12)13(15)16/h2-6H,7H2,1H3,(H,15,16). The summed E-state index contributed by atoms with van der Waals surface area (Å²) in [6.07, 6.45) is 0. The number of carbonyl (C=O) groups is 1. The highest BCUT2D eigenvalue weighted by molar-refractivity contribution is 7.98. The number of hydrogen-bond acceptors (Lipinski definition) is 3. The molecule has 0 spiro atoms. The molecule has 94 valence electrons. The zero-order chi connectivity index (χ0) is 13.1. The van der Waals surface area contributed by atoms with Crippen LogP contribution in [0.1, 0.15) is 21.7 Å². The second kappa shape index (κ2) is 5.27. The molecule has 2 rings (SSSR count). The first-order valence-corrected chi connectivity index (χ1v) is 6.26. The van der Waals surface area contributed by atoms with Crippen molar-refractivity contribution in [1.29, 1.82) is 0 Å². The molecule has 0 unspecified atom stereocenters. The van der Waals surface area contributed by atoms with Gasteiger partial charge in [-0.2, -0.15) is 0 Å². The van der Waals surface area contributed by atoms with Crippen molar-refractivity contribution < 1.29 is 18.7 Å². The van der Waals surface area contributed by atoms with Crippen molar-refractivity contribution in [2.24, 2.45) is 0 Å². The fourth-order valence-corrected chi connectivity index (χ4v) is 2.38. The van der Waals surface area contributed by atoms with E-state index in [-0.39, 0.29) is 11.6 Å². The molecule has 1 N–H and O–H groups in total. The van der Waals surface area contributed by atoms with Gasteiger partial charge < -0.3 is 9.52 Å². The second-order valence-corrected chi connectivity index (χ2v) is 4.76. The van der Waals surface area contributed by atoms with Gasteiger partial charge in [-0.25, -0.2) is 9.18 Å². The Morgan fingerprint density at radius 2 is 2.17 bits per heavy atom. The molecule has 0 saturated carbocycles. The van der Waals surface area contributed by atoms with E-state index in [1.807, 2.05) is 6.92 Å². The zero-order valence-corrected chi connectivity index (χ0v) is 10.5. The van der Waals surface area contributed by atoms with Gasteiger partial charge in [-0.1, -0.05) is 17.8 Å². The SMILES string of the molecule is Cc1ccc(F)cc1CSc1ccc(C(=O)O)o1. The average Bonchev–Trinajstić information content (AvgIpc) is 2.79. The molecule has 0 atom stereocenters. The van der Waals surface area contributed by atoms with Crippen molar-refractivity contribution in [3.63, 3.8) is 0 Å². The predicted molar refractivity (Wildman–Crippen MR) is 66.4 cm³/mol. The molecule has 0 aliphatic rings. The van der Waals surface area contributed by atoms with Crippen molar-refractivity contribution >= 4 is 17.7 Å². The molecule has 0 amide bonds. The molecule has 5 heteroatoms. The number of carboxylic acid groups (broad SMARTS) is 1. The maximum atomic E-state index is 13.1. The van der Waals surface area contributed by atoms with Crippen LogP contribution in [0.5, 0.6) is 0 Å². The average molecular weight is 266 g/mol. The molecule has 0 fully saturated rings. The number of rotatable bonds is 4. The summed E-state index contributed by atoms with van der Waals surface area (Å²) in [5.74, 6) is -0.921. The van der Waals surface area contributed by atoms with Crippen LogP contribution in [-0.2, 0) is 5.75 Å². The molecular formula is C13H11FO3S. The van der Waals surface area contributed by atoms with Gasteiger partial charge >= 0.3 is 5.97 Å². The molecule has 2 aromatic rings. The lowest BCUT2D eigenvalue weighted by Gasteiger charge is -2.04. The summed E-state index contributed by atoms with van der Waals surface area (Å²) >= 11 is 1.34. The van der Waals surface area contributed by atoms with Crippen LogP contribution in [0.2, 0.25) is 0 Å². The lowest BCUT2D eigenvalue weighted by atomic mass is 10.1. The van der Waals surface area contributed by atoms with Crippen LogP contribution in [-0.4, -0.2) is 11.1 Å². The van der Waals surface area contributed by atoms with E-state index in [1.54, 1.807) is 12.1 Å². The summed E-state index contributed by atoms with van der Waals surface area (Å²) in [7, 11) is 0. The predicted octanol–water partition coefficient (Wildman–Crippen LogP) is 3.72. The van der Waals surface area contributed by atoms with Crippen molar-refractivity contribution in [2.45, 2.75) is 17.8 Å².